The summed E-state index contributed by atoms with van der Waals surface area (Å²) in [5, 5.41) is 0. The molecule has 0 heterocycles. The van der Waals surface area contributed by atoms with Crippen LogP contribution in [-0.2, 0) is 0 Å². The standard InChI is InChI=1S/C15H32N2/c1-4-17(13(2)3)15(12-16)14-10-8-6-5-7-9-11-14/h13-15H,4-12,16H2,1-3H3. The lowest BCUT2D eigenvalue weighted by Crippen LogP contribution is -2.49. The maximum absolute atomic E-state index is 6.07. The summed E-state index contributed by atoms with van der Waals surface area (Å²) in [5.74, 6) is 0.836. The third-order valence-corrected chi connectivity index (χ3v) is 4.39. The van der Waals surface area contributed by atoms with Crippen LogP contribution in [0.15, 0.2) is 0 Å². The van der Waals surface area contributed by atoms with Crippen molar-refractivity contribution in [1.82, 2.24) is 4.90 Å². The molecule has 0 aromatic carbocycles. The Labute approximate surface area is 108 Å². The van der Waals surface area contributed by atoms with Crippen molar-refractivity contribution >= 4 is 0 Å². The average molecular weight is 240 g/mol. The topological polar surface area (TPSA) is 29.3 Å². The first-order valence-corrected chi connectivity index (χ1v) is 7.66. The minimum Gasteiger partial charge on any atom is -0.329 e. The summed E-state index contributed by atoms with van der Waals surface area (Å²) in [5.41, 5.74) is 6.07. The molecule has 0 aromatic rings. The minimum absolute atomic E-state index is 0.609. The summed E-state index contributed by atoms with van der Waals surface area (Å²) < 4.78 is 0. The molecule has 0 bridgehead atoms. The minimum atomic E-state index is 0.609. The van der Waals surface area contributed by atoms with Crippen LogP contribution in [0.4, 0.5) is 0 Å². The highest BCUT2D eigenvalue weighted by Crippen LogP contribution is 2.27. The quantitative estimate of drug-likeness (QED) is 0.798. The maximum Gasteiger partial charge on any atom is 0.0249 e. The fraction of sp³-hybridized carbons (Fsp3) is 1.00. The monoisotopic (exact) mass is 240 g/mol. The Morgan fingerprint density at radius 1 is 1.06 bits per heavy atom. The van der Waals surface area contributed by atoms with E-state index in [1.165, 1.54) is 44.9 Å². The Hall–Kier alpha value is -0.0800. The normalized spacial score (nSPS) is 21.5. The van der Waals surface area contributed by atoms with E-state index in [9.17, 15) is 0 Å². The average Bonchev–Trinajstić information content (AvgIpc) is 2.25. The number of likely N-dealkylation sites (N-methyl/N-ethyl adjacent to an activating group) is 1. The molecule has 102 valence electrons. The number of hydrogen-bond donors (Lipinski definition) is 1. The summed E-state index contributed by atoms with van der Waals surface area (Å²) in [7, 11) is 0. The van der Waals surface area contributed by atoms with E-state index < -0.39 is 0 Å². The Kier molecular flexibility index (Phi) is 7.14. The van der Waals surface area contributed by atoms with Gasteiger partial charge in [-0.2, -0.15) is 0 Å². The molecule has 1 fully saturated rings. The Morgan fingerprint density at radius 2 is 1.59 bits per heavy atom. The molecule has 1 atom stereocenters. The Morgan fingerprint density at radius 3 is 2.00 bits per heavy atom. The van der Waals surface area contributed by atoms with Gasteiger partial charge in [0.15, 0.2) is 0 Å². The molecule has 0 aromatic heterocycles. The van der Waals surface area contributed by atoms with Crippen LogP contribution in [0.25, 0.3) is 0 Å². The van der Waals surface area contributed by atoms with E-state index >= 15 is 0 Å². The van der Waals surface area contributed by atoms with Crippen LogP contribution >= 0.6 is 0 Å². The summed E-state index contributed by atoms with van der Waals surface area (Å²) in [4.78, 5) is 2.60. The zero-order valence-electron chi connectivity index (χ0n) is 12.1. The van der Waals surface area contributed by atoms with Gasteiger partial charge in [0, 0.05) is 18.6 Å². The molecule has 1 rings (SSSR count). The molecule has 1 aliphatic carbocycles. The molecule has 2 heteroatoms. The van der Waals surface area contributed by atoms with Crippen molar-refractivity contribution in [3.05, 3.63) is 0 Å². The van der Waals surface area contributed by atoms with Gasteiger partial charge < -0.3 is 5.73 Å². The molecule has 0 radical (unpaired) electrons. The van der Waals surface area contributed by atoms with Crippen molar-refractivity contribution in [2.45, 2.75) is 77.8 Å². The van der Waals surface area contributed by atoms with Crippen molar-refractivity contribution in [1.29, 1.82) is 0 Å². The Bertz CT molecular complexity index is 183. The fourth-order valence-corrected chi connectivity index (χ4v) is 3.45. The summed E-state index contributed by atoms with van der Waals surface area (Å²) in [6.07, 6.45) is 9.93. The molecule has 17 heavy (non-hydrogen) atoms. The first-order chi connectivity index (χ1) is 8.20. The molecule has 2 N–H and O–H groups in total. The maximum atomic E-state index is 6.07. The van der Waals surface area contributed by atoms with E-state index in [0.717, 1.165) is 19.0 Å². The fourth-order valence-electron chi connectivity index (χ4n) is 3.45. The van der Waals surface area contributed by atoms with Gasteiger partial charge in [-0.15, -0.1) is 0 Å². The van der Waals surface area contributed by atoms with Crippen molar-refractivity contribution in [2.75, 3.05) is 13.1 Å². The lowest BCUT2D eigenvalue weighted by molar-refractivity contribution is 0.103. The van der Waals surface area contributed by atoms with E-state index in [-0.39, 0.29) is 0 Å². The molecule has 0 spiro atoms. The van der Waals surface area contributed by atoms with Gasteiger partial charge in [-0.05, 0) is 39.2 Å². The zero-order valence-corrected chi connectivity index (χ0v) is 12.1. The van der Waals surface area contributed by atoms with Gasteiger partial charge in [-0.25, -0.2) is 0 Å². The van der Waals surface area contributed by atoms with Gasteiger partial charge in [-0.3, -0.25) is 4.90 Å². The van der Waals surface area contributed by atoms with Crippen LogP contribution in [0.2, 0.25) is 0 Å². The zero-order chi connectivity index (χ0) is 12.7. The molecule has 0 saturated heterocycles. The lowest BCUT2D eigenvalue weighted by atomic mass is 9.84. The van der Waals surface area contributed by atoms with Gasteiger partial charge in [0.25, 0.3) is 0 Å². The molecule has 0 amide bonds. The van der Waals surface area contributed by atoms with Gasteiger partial charge in [0.05, 0.1) is 0 Å². The SMILES string of the molecule is CCN(C(C)C)C(CN)C1CCCCCCC1. The number of hydrogen-bond acceptors (Lipinski definition) is 2. The van der Waals surface area contributed by atoms with Crippen molar-refractivity contribution in [3.8, 4) is 0 Å². The Balaban J connectivity index is 2.61. The lowest BCUT2D eigenvalue weighted by Gasteiger charge is -2.39. The van der Waals surface area contributed by atoms with E-state index in [1.54, 1.807) is 0 Å². The van der Waals surface area contributed by atoms with Crippen LogP contribution in [0.3, 0.4) is 0 Å². The summed E-state index contributed by atoms with van der Waals surface area (Å²) >= 11 is 0. The van der Waals surface area contributed by atoms with E-state index in [2.05, 4.69) is 25.7 Å². The predicted octanol–water partition coefficient (Wildman–Crippen LogP) is 3.40. The smallest absolute Gasteiger partial charge is 0.0249 e. The summed E-state index contributed by atoms with van der Waals surface area (Å²) in [6.45, 7) is 8.84. The largest absolute Gasteiger partial charge is 0.329 e. The number of nitrogens with zero attached hydrogens (tertiary/aromatic N) is 1. The van der Waals surface area contributed by atoms with Gasteiger partial charge in [-0.1, -0.05) is 39.0 Å². The highest BCUT2D eigenvalue weighted by atomic mass is 15.2. The van der Waals surface area contributed by atoms with Crippen LogP contribution in [0.5, 0.6) is 0 Å². The third kappa shape index (κ3) is 4.59. The molecular weight excluding hydrogens is 208 g/mol. The van der Waals surface area contributed by atoms with Crippen LogP contribution in [-0.4, -0.2) is 30.1 Å². The van der Waals surface area contributed by atoms with Crippen molar-refractivity contribution in [3.63, 3.8) is 0 Å². The van der Waals surface area contributed by atoms with Gasteiger partial charge in [0.1, 0.15) is 0 Å². The predicted molar refractivity (Wildman–Crippen MR) is 76.2 cm³/mol. The van der Waals surface area contributed by atoms with Crippen molar-refractivity contribution < 1.29 is 0 Å². The highest BCUT2D eigenvalue weighted by Gasteiger charge is 2.27. The number of nitrogens with two attached hydrogens (primary N) is 1. The second-order valence-electron chi connectivity index (χ2n) is 5.83. The molecule has 1 unspecified atom stereocenters. The summed E-state index contributed by atoms with van der Waals surface area (Å²) in [6, 6.07) is 1.23. The second-order valence-corrected chi connectivity index (χ2v) is 5.83. The molecular formula is C15H32N2. The van der Waals surface area contributed by atoms with Gasteiger partial charge in [0.2, 0.25) is 0 Å². The molecule has 0 aliphatic heterocycles. The molecule has 2 nitrogen and oxygen atoms in total. The van der Waals surface area contributed by atoms with Crippen LogP contribution in [0, 0.1) is 5.92 Å². The first kappa shape index (κ1) is 15.0. The van der Waals surface area contributed by atoms with E-state index in [0.29, 0.717) is 12.1 Å². The van der Waals surface area contributed by atoms with E-state index in [1.807, 2.05) is 0 Å². The second kappa shape index (κ2) is 8.10. The highest BCUT2D eigenvalue weighted by molar-refractivity contribution is 4.82. The molecule has 1 aliphatic rings. The van der Waals surface area contributed by atoms with Crippen LogP contribution in [0.1, 0.15) is 65.7 Å². The van der Waals surface area contributed by atoms with Crippen molar-refractivity contribution in [2.24, 2.45) is 11.7 Å². The molecule has 1 saturated carbocycles. The van der Waals surface area contributed by atoms with E-state index in [4.69, 9.17) is 5.73 Å². The first-order valence-electron chi connectivity index (χ1n) is 7.66. The third-order valence-electron chi connectivity index (χ3n) is 4.39. The van der Waals surface area contributed by atoms with Gasteiger partial charge >= 0.3 is 0 Å². The number of rotatable bonds is 5. The van der Waals surface area contributed by atoms with Crippen LogP contribution < -0.4 is 5.73 Å².